The summed E-state index contributed by atoms with van der Waals surface area (Å²) < 4.78 is 38.4. The van der Waals surface area contributed by atoms with Gasteiger partial charge in [-0.15, -0.1) is 0 Å². The van der Waals surface area contributed by atoms with E-state index in [9.17, 15) is 13.2 Å². The molecule has 0 aliphatic rings. The number of sulfonamides is 1. The van der Waals surface area contributed by atoms with E-state index in [4.69, 9.17) is 9.26 Å². The van der Waals surface area contributed by atoms with Gasteiger partial charge in [-0.2, -0.15) is 16.3 Å². The number of carbonyl (C=O) groups is 1. The molecule has 0 atom stereocenters. The Morgan fingerprint density at radius 3 is 2.35 bits per heavy atom. The maximum atomic E-state index is 12.9. The molecule has 1 aromatic carbocycles. The number of carbonyl (C=O) groups excluding carboxylic acids is 1. The first kappa shape index (κ1) is 23.1. The summed E-state index contributed by atoms with van der Waals surface area (Å²) in [6.07, 6.45) is -0.118. The highest BCUT2D eigenvalue weighted by atomic mass is 32.2. The molecule has 0 unspecified atom stereocenters. The summed E-state index contributed by atoms with van der Waals surface area (Å²) in [6, 6.07) is 1.86. The van der Waals surface area contributed by atoms with Gasteiger partial charge in [-0.3, -0.25) is 4.79 Å². The van der Waals surface area contributed by atoms with Crippen molar-refractivity contribution in [1.29, 1.82) is 0 Å². The maximum Gasteiger partial charge on any atom is 0.307 e. The minimum absolute atomic E-state index is 0.0734. The van der Waals surface area contributed by atoms with E-state index in [1.54, 1.807) is 13.8 Å². The molecule has 0 saturated heterocycles. The Morgan fingerprint density at radius 2 is 1.74 bits per heavy atom. The van der Waals surface area contributed by atoms with Gasteiger partial charge in [0.25, 0.3) is 5.89 Å². The monoisotopic (exact) mass is 463 g/mol. The molecule has 8 nitrogen and oxygen atoms in total. The molecule has 0 radical (unpaired) electrons. The third kappa shape index (κ3) is 5.03. The first-order valence-electron chi connectivity index (χ1n) is 9.69. The van der Waals surface area contributed by atoms with Gasteiger partial charge in [0.15, 0.2) is 6.61 Å². The summed E-state index contributed by atoms with van der Waals surface area (Å²) in [5.41, 5.74) is 5.24. The third-order valence-corrected chi connectivity index (χ3v) is 7.84. The zero-order valence-electron chi connectivity index (χ0n) is 18.1. The second-order valence-corrected chi connectivity index (χ2v) is 9.77. The van der Waals surface area contributed by atoms with Crippen LogP contribution < -0.4 is 4.72 Å². The zero-order chi connectivity index (χ0) is 22.8. The van der Waals surface area contributed by atoms with Crippen LogP contribution in [0.1, 0.15) is 40.1 Å². The number of nitrogens with zero attached hydrogens (tertiary/aromatic N) is 2. The number of nitrogens with one attached hydrogen (secondary N) is 1. The van der Waals surface area contributed by atoms with Gasteiger partial charge in [0.05, 0.1) is 11.3 Å². The lowest BCUT2D eigenvalue weighted by Gasteiger charge is -2.19. The fraction of sp³-hybridized carbons (Fsp3) is 0.381. The highest BCUT2D eigenvalue weighted by Gasteiger charge is 2.23. The SMILES string of the molecule is Cc1c(C)c(C)c(S(=O)(=O)NCCC(=O)OCc2nc(-c3ccsc3)no2)c(C)c1C. The number of thiophene rings is 1. The van der Waals surface area contributed by atoms with E-state index in [1.165, 1.54) is 11.3 Å². The minimum atomic E-state index is -3.77. The van der Waals surface area contributed by atoms with Crippen LogP contribution in [0.3, 0.4) is 0 Å². The topological polar surface area (TPSA) is 111 Å². The van der Waals surface area contributed by atoms with Crippen molar-refractivity contribution in [2.24, 2.45) is 0 Å². The Kier molecular flexibility index (Phi) is 6.93. The van der Waals surface area contributed by atoms with Crippen molar-refractivity contribution < 1.29 is 22.5 Å². The van der Waals surface area contributed by atoms with Crippen LogP contribution in [0, 0.1) is 34.6 Å². The van der Waals surface area contributed by atoms with Crippen molar-refractivity contribution in [3.8, 4) is 11.4 Å². The predicted molar refractivity (Wildman–Crippen MR) is 117 cm³/mol. The molecule has 166 valence electrons. The van der Waals surface area contributed by atoms with Gasteiger partial charge in [0.2, 0.25) is 15.8 Å². The molecule has 10 heteroatoms. The van der Waals surface area contributed by atoms with Crippen molar-refractivity contribution in [3.05, 3.63) is 50.5 Å². The Balaban J connectivity index is 1.56. The fourth-order valence-electron chi connectivity index (χ4n) is 3.27. The van der Waals surface area contributed by atoms with E-state index < -0.39 is 16.0 Å². The molecule has 0 aliphatic heterocycles. The van der Waals surface area contributed by atoms with Crippen molar-refractivity contribution in [1.82, 2.24) is 14.9 Å². The Bertz CT molecular complexity index is 1170. The largest absolute Gasteiger partial charge is 0.456 e. The van der Waals surface area contributed by atoms with Crippen LogP contribution in [0.15, 0.2) is 26.2 Å². The van der Waals surface area contributed by atoms with Crippen LogP contribution in [-0.4, -0.2) is 31.1 Å². The summed E-state index contributed by atoms with van der Waals surface area (Å²) in [5, 5.41) is 7.62. The molecule has 0 amide bonds. The third-order valence-electron chi connectivity index (χ3n) is 5.43. The van der Waals surface area contributed by atoms with E-state index in [-0.39, 0.29) is 30.4 Å². The van der Waals surface area contributed by atoms with Gasteiger partial charge in [-0.25, -0.2) is 13.1 Å². The van der Waals surface area contributed by atoms with E-state index in [0.717, 1.165) is 22.3 Å². The van der Waals surface area contributed by atoms with Crippen LogP contribution in [0.4, 0.5) is 0 Å². The molecule has 31 heavy (non-hydrogen) atoms. The molecule has 3 aromatic rings. The highest BCUT2D eigenvalue weighted by Crippen LogP contribution is 2.29. The van der Waals surface area contributed by atoms with Gasteiger partial charge in [0, 0.05) is 17.5 Å². The van der Waals surface area contributed by atoms with Gasteiger partial charge in [-0.1, -0.05) is 5.16 Å². The van der Waals surface area contributed by atoms with E-state index >= 15 is 0 Å². The first-order chi connectivity index (χ1) is 14.6. The second kappa shape index (κ2) is 9.29. The number of hydrogen-bond acceptors (Lipinski definition) is 8. The quantitative estimate of drug-likeness (QED) is 0.506. The van der Waals surface area contributed by atoms with Crippen LogP contribution in [0.5, 0.6) is 0 Å². The Labute approximate surface area is 185 Å². The number of hydrogen-bond donors (Lipinski definition) is 1. The number of ether oxygens (including phenoxy) is 1. The van der Waals surface area contributed by atoms with E-state index in [1.807, 2.05) is 37.6 Å². The van der Waals surface area contributed by atoms with Crippen LogP contribution in [-0.2, 0) is 26.2 Å². The summed E-state index contributed by atoms with van der Waals surface area (Å²) in [4.78, 5) is 16.5. The number of rotatable bonds is 8. The Morgan fingerprint density at radius 1 is 1.10 bits per heavy atom. The average Bonchev–Trinajstić information content (AvgIpc) is 3.40. The normalized spacial score (nSPS) is 11.6. The summed E-state index contributed by atoms with van der Waals surface area (Å²) in [6.45, 7) is 9.16. The lowest BCUT2D eigenvalue weighted by Crippen LogP contribution is -2.28. The smallest absolute Gasteiger partial charge is 0.307 e. The molecule has 2 heterocycles. The molecule has 2 aromatic heterocycles. The van der Waals surface area contributed by atoms with Gasteiger partial charge in [-0.05, 0) is 73.9 Å². The number of esters is 1. The molecular weight excluding hydrogens is 438 g/mol. The Hall–Kier alpha value is -2.56. The zero-order valence-corrected chi connectivity index (χ0v) is 19.7. The lowest BCUT2D eigenvalue weighted by molar-refractivity contribution is -0.145. The van der Waals surface area contributed by atoms with Crippen LogP contribution in [0.2, 0.25) is 0 Å². The van der Waals surface area contributed by atoms with Gasteiger partial charge < -0.3 is 9.26 Å². The second-order valence-electron chi connectivity index (χ2n) is 7.29. The van der Waals surface area contributed by atoms with Crippen molar-refractivity contribution >= 4 is 27.3 Å². The molecule has 0 fully saturated rings. The van der Waals surface area contributed by atoms with Gasteiger partial charge in [0.1, 0.15) is 0 Å². The highest BCUT2D eigenvalue weighted by molar-refractivity contribution is 7.89. The molecular formula is C21H25N3O5S2. The molecule has 0 spiro atoms. The standard InChI is InChI=1S/C21H25N3O5S2/c1-12-13(2)15(4)20(16(5)14(12)3)31(26,27)22-8-6-19(25)28-10-18-23-21(24-29-18)17-7-9-30-11-17/h7,9,11,22H,6,8,10H2,1-5H3. The summed E-state index contributed by atoms with van der Waals surface area (Å²) in [5.74, 6) is 0.0316. The number of benzene rings is 1. The van der Waals surface area contributed by atoms with Crippen LogP contribution in [0.25, 0.3) is 11.4 Å². The summed E-state index contributed by atoms with van der Waals surface area (Å²) in [7, 11) is -3.77. The van der Waals surface area contributed by atoms with E-state index in [0.29, 0.717) is 17.0 Å². The van der Waals surface area contributed by atoms with Gasteiger partial charge >= 0.3 is 5.97 Å². The number of aromatic nitrogens is 2. The molecule has 0 saturated carbocycles. The van der Waals surface area contributed by atoms with Crippen LogP contribution >= 0.6 is 11.3 Å². The molecule has 0 bridgehead atoms. The van der Waals surface area contributed by atoms with Crippen molar-refractivity contribution in [2.75, 3.05) is 6.54 Å². The van der Waals surface area contributed by atoms with Crippen molar-refractivity contribution in [2.45, 2.75) is 52.5 Å². The molecule has 1 N–H and O–H groups in total. The molecule has 0 aliphatic carbocycles. The predicted octanol–water partition coefficient (Wildman–Crippen LogP) is 3.75. The first-order valence-corrected chi connectivity index (χ1v) is 12.1. The maximum absolute atomic E-state index is 12.9. The van der Waals surface area contributed by atoms with Crippen molar-refractivity contribution in [3.63, 3.8) is 0 Å². The molecule has 3 rings (SSSR count). The summed E-state index contributed by atoms with van der Waals surface area (Å²) >= 11 is 1.51. The average molecular weight is 464 g/mol. The van der Waals surface area contributed by atoms with E-state index in [2.05, 4.69) is 14.9 Å². The minimum Gasteiger partial charge on any atom is -0.456 e. The fourth-order valence-corrected chi connectivity index (χ4v) is 5.53. The lowest BCUT2D eigenvalue weighted by atomic mass is 9.95.